The van der Waals surface area contributed by atoms with Gasteiger partial charge in [-0.15, -0.1) is 0 Å². The molecule has 14 heavy (non-hydrogen) atoms. The SMILES string of the molecule is CN(C)C1(CNC2=NCCC2)CCC1. The van der Waals surface area contributed by atoms with Gasteiger partial charge in [0.1, 0.15) is 0 Å². The summed E-state index contributed by atoms with van der Waals surface area (Å²) < 4.78 is 0. The Balaban J connectivity index is 1.83. The molecular formula is C11H21N3. The number of amidine groups is 1. The largest absolute Gasteiger partial charge is 0.372 e. The van der Waals surface area contributed by atoms with Crippen molar-refractivity contribution in [1.82, 2.24) is 10.2 Å². The molecule has 0 spiro atoms. The van der Waals surface area contributed by atoms with Crippen LogP contribution in [0.2, 0.25) is 0 Å². The summed E-state index contributed by atoms with van der Waals surface area (Å²) in [4.78, 5) is 6.82. The molecule has 2 aliphatic rings. The predicted molar refractivity (Wildman–Crippen MR) is 59.8 cm³/mol. The number of rotatable bonds is 3. The average molecular weight is 195 g/mol. The van der Waals surface area contributed by atoms with E-state index in [0.29, 0.717) is 5.54 Å². The molecule has 0 unspecified atom stereocenters. The van der Waals surface area contributed by atoms with Crippen LogP contribution < -0.4 is 5.32 Å². The molecule has 0 aromatic rings. The first-order valence-corrected chi connectivity index (χ1v) is 5.68. The third-order valence-corrected chi connectivity index (χ3v) is 3.73. The molecule has 1 N–H and O–H groups in total. The fourth-order valence-corrected chi connectivity index (χ4v) is 2.32. The van der Waals surface area contributed by atoms with Gasteiger partial charge < -0.3 is 10.2 Å². The maximum absolute atomic E-state index is 4.44. The van der Waals surface area contributed by atoms with E-state index in [0.717, 1.165) is 19.5 Å². The average Bonchev–Trinajstić information content (AvgIpc) is 2.53. The number of nitrogens with one attached hydrogen (secondary N) is 1. The third-order valence-electron chi connectivity index (χ3n) is 3.73. The lowest BCUT2D eigenvalue weighted by molar-refractivity contribution is 0.0648. The quantitative estimate of drug-likeness (QED) is 0.734. The molecule has 0 aromatic heterocycles. The van der Waals surface area contributed by atoms with Crippen LogP contribution in [0.15, 0.2) is 4.99 Å². The molecular weight excluding hydrogens is 174 g/mol. The third kappa shape index (κ3) is 1.78. The maximum atomic E-state index is 4.44. The minimum absolute atomic E-state index is 0.422. The Morgan fingerprint density at radius 3 is 2.57 bits per heavy atom. The summed E-state index contributed by atoms with van der Waals surface area (Å²) >= 11 is 0. The van der Waals surface area contributed by atoms with Crippen molar-refractivity contribution >= 4 is 5.84 Å². The summed E-state index contributed by atoms with van der Waals surface area (Å²) in [6, 6.07) is 0. The van der Waals surface area contributed by atoms with Crippen molar-refractivity contribution < 1.29 is 0 Å². The van der Waals surface area contributed by atoms with Crippen LogP contribution in [-0.2, 0) is 0 Å². The molecule has 1 aliphatic carbocycles. The van der Waals surface area contributed by atoms with E-state index in [9.17, 15) is 0 Å². The number of likely N-dealkylation sites (N-methyl/N-ethyl adjacent to an activating group) is 1. The summed E-state index contributed by atoms with van der Waals surface area (Å²) in [5, 5.41) is 3.51. The minimum Gasteiger partial charge on any atom is -0.372 e. The summed E-state index contributed by atoms with van der Waals surface area (Å²) in [6.45, 7) is 2.11. The molecule has 0 amide bonds. The Morgan fingerprint density at radius 2 is 2.14 bits per heavy atom. The Hall–Kier alpha value is -0.570. The van der Waals surface area contributed by atoms with Gasteiger partial charge in [0.2, 0.25) is 0 Å². The van der Waals surface area contributed by atoms with E-state index in [1.807, 2.05) is 0 Å². The fraction of sp³-hybridized carbons (Fsp3) is 0.909. The molecule has 80 valence electrons. The van der Waals surface area contributed by atoms with E-state index in [2.05, 4.69) is 29.3 Å². The lowest BCUT2D eigenvalue weighted by atomic mass is 9.75. The Bertz CT molecular complexity index is 229. The molecule has 1 fully saturated rings. The molecule has 2 rings (SSSR count). The van der Waals surface area contributed by atoms with Crippen LogP contribution in [0.3, 0.4) is 0 Å². The topological polar surface area (TPSA) is 27.6 Å². The van der Waals surface area contributed by atoms with Crippen LogP contribution in [0.1, 0.15) is 32.1 Å². The monoisotopic (exact) mass is 195 g/mol. The molecule has 0 aromatic carbocycles. The van der Waals surface area contributed by atoms with Crippen LogP contribution in [0.4, 0.5) is 0 Å². The first-order chi connectivity index (χ1) is 6.73. The van der Waals surface area contributed by atoms with Gasteiger partial charge in [0, 0.05) is 25.0 Å². The zero-order valence-electron chi connectivity index (χ0n) is 9.34. The fourth-order valence-electron chi connectivity index (χ4n) is 2.32. The van der Waals surface area contributed by atoms with Gasteiger partial charge in [0.25, 0.3) is 0 Å². The first kappa shape index (κ1) is 9.97. The smallest absolute Gasteiger partial charge is 0.0964 e. The predicted octanol–water partition coefficient (Wildman–Crippen LogP) is 1.25. The molecule has 0 bridgehead atoms. The van der Waals surface area contributed by atoms with Gasteiger partial charge in [-0.2, -0.15) is 0 Å². The standard InChI is InChI=1S/C11H21N3/c1-14(2)11(6-4-7-11)9-13-10-5-3-8-12-10/h3-9H2,1-2H3,(H,12,13). The molecule has 0 atom stereocenters. The van der Waals surface area contributed by atoms with Crippen molar-refractivity contribution in [3.05, 3.63) is 0 Å². The molecule has 3 nitrogen and oxygen atoms in total. The number of aliphatic imine (C=N–C) groups is 1. The van der Waals surface area contributed by atoms with E-state index in [1.54, 1.807) is 0 Å². The van der Waals surface area contributed by atoms with E-state index >= 15 is 0 Å². The maximum Gasteiger partial charge on any atom is 0.0964 e. The van der Waals surface area contributed by atoms with E-state index < -0.39 is 0 Å². The lowest BCUT2D eigenvalue weighted by Crippen LogP contribution is -2.57. The van der Waals surface area contributed by atoms with Gasteiger partial charge in [0.15, 0.2) is 0 Å². The highest BCUT2D eigenvalue weighted by Gasteiger charge is 2.38. The van der Waals surface area contributed by atoms with Crippen molar-refractivity contribution in [2.75, 3.05) is 27.2 Å². The summed E-state index contributed by atoms with van der Waals surface area (Å²) in [6.07, 6.45) is 6.44. The normalized spacial score (nSPS) is 24.6. The molecule has 0 saturated heterocycles. The minimum atomic E-state index is 0.422. The van der Waals surface area contributed by atoms with Crippen LogP contribution in [0, 0.1) is 0 Å². The summed E-state index contributed by atoms with van der Waals surface area (Å²) in [5.41, 5.74) is 0.422. The molecule has 0 radical (unpaired) electrons. The summed E-state index contributed by atoms with van der Waals surface area (Å²) in [7, 11) is 4.38. The molecule has 1 heterocycles. The molecule has 3 heteroatoms. The van der Waals surface area contributed by atoms with E-state index in [1.165, 1.54) is 31.5 Å². The highest BCUT2D eigenvalue weighted by atomic mass is 15.2. The molecule has 1 saturated carbocycles. The van der Waals surface area contributed by atoms with E-state index in [4.69, 9.17) is 0 Å². The van der Waals surface area contributed by atoms with Crippen LogP contribution >= 0.6 is 0 Å². The second-order valence-corrected chi connectivity index (χ2v) is 4.76. The van der Waals surface area contributed by atoms with Gasteiger partial charge in [-0.05, 0) is 39.8 Å². The zero-order chi connectivity index (χ0) is 10.0. The Labute approximate surface area is 86.6 Å². The zero-order valence-corrected chi connectivity index (χ0v) is 9.34. The van der Waals surface area contributed by atoms with Crippen LogP contribution in [0.25, 0.3) is 0 Å². The second kappa shape index (κ2) is 3.89. The first-order valence-electron chi connectivity index (χ1n) is 5.68. The van der Waals surface area contributed by atoms with Gasteiger partial charge in [-0.3, -0.25) is 4.99 Å². The van der Waals surface area contributed by atoms with Crippen molar-refractivity contribution in [2.24, 2.45) is 4.99 Å². The Morgan fingerprint density at radius 1 is 1.36 bits per heavy atom. The summed E-state index contributed by atoms with van der Waals surface area (Å²) in [5.74, 6) is 1.23. The highest BCUT2D eigenvalue weighted by Crippen LogP contribution is 2.35. The number of hydrogen-bond acceptors (Lipinski definition) is 3. The van der Waals surface area contributed by atoms with Crippen molar-refractivity contribution in [3.8, 4) is 0 Å². The highest BCUT2D eigenvalue weighted by molar-refractivity contribution is 5.83. The van der Waals surface area contributed by atoms with Gasteiger partial charge in [-0.1, -0.05) is 0 Å². The van der Waals surface area contributed by atoms with Gasteiger partial charge >= 0.3 is 0 Å². The van der Waals surface area contributed by atoms with Gasteiger partial charge in [0.05, 0.1) is 5.84 Å². The number of hydrogen-bond donors (Lipinski definition) is 1. The van der Waals surface area contributed by atoms with Crippen molar-refractivity contribution in [3.63, 3.8) is 0 Å². The van der Waals surface area contributed by atoms with Crippen molar-refractivity contribution in [1.29, 1.82) is 0 Å². The lowest BCUT2D eigenvalue weighted by Gasteiger charge is -2.47. The molecule has 1 aliphatic heterocycles. The Kier molecular flexibility index (Phi) is 2.77. The van der Waals surface area contributed by atoms with Crippen LogP contribution in [0.5, 0.6) is 0 Å². The van der Waals surface area contributed by atoms with Gasteiger partial charge in [-0.25, -0.2) is 0 Å². The van der Waals surface area contributed by atoms with Crippen molar-refractivity contribution in [2.45, 2.75) is 37.6 Å². The second-order valence-electron chi connectivity index (χ2n) is 4.76. The van der Waals surface area contributed by atoms with E-state index in [-0.39, 0.29) is 0 Å². The van der Waals surface area contributed by atoms with Crippen LogP contribution in [-0.4, -0.2) is 43.5 Å². The number of nitrogens with zero attached hydrogens (tertiary/aromatic N) is 2.